The van der Waals surface area contributed by atoms with Crippen LogP contribution in [0.25, 0.3) is 0 Å². The summed E-state index contributed by atoms with van der Waals surface area (Å²) >= 11 is -0.0833. The molecule has 0 bridgehead atoms. The average molecular weight is 237 g/mol. The summed E-state index contributed by atoms with van der Waals surface area (Å²) in [6.45, 7) is 0. The van der Waals surface area contributed by atoms with Crippen molar-refractivity contribution in [2.45, 2.75) is 0 Å². The van der Waals surface area contributed by atoms with E-state index in [0.717, 1.165) is 0 Å². The van der Waals surface area contributed by atoms with E-state index in [-0.39, 0.29) is 68.5 Å². The summed E-state index contributed by atoms with van der Waals surface area (Å²) < 4.78 is 8.42. The first-order valence-corrected chi connectivity index (χ1v) is 1.72. The molecule has 0 amide bonds. The zero-order chi connectivity index (χ0) is 2.00. The molecular formula is H3AlCrLaO. The van der Waals surface area contributed by atoms with Crippen molar-refractivity contribution < 1.29 is 52.9 Å². The zero-order valence-corrected chi connectivity index (χ0v) is 6.29. The van der Waals surface area contributed by atoms with E-state index in [9.17, 15) is 0 Å². The fourth-order valence-electron chi connectivity index (χ4n) is 0. The first kappa shape index (κ1) is 16.6. The Morgan fingerprint density at radius 1 is 1.25 bits per heavy atom. The van der Waals surface area contributed by atoms with Gasteiger partial charge in [-0.2, -0.15) is 0 Å². The molecule has 0 saturated carbocycles. The molecule has 0 fully saturated rings. The van der Waals surface area contributed by atoms with Crippen LogP contribution in [0, 0.1) is 33.8 Å². The molecule has 0 rings (SSSR count). The van der Waals surface area contributed by atoms with E-state index in [2.05, 4.69) is 0 Å². The molecule has 0 aromatic heterocycles. The van der Waals surface area contributed by atoms with Gasteiger partial charge in [-0.05, 0) is 0 Å². The summed E-state index contributed by atoms with van der Waals surface area (Å²) in [7, 11) is 0. The molecule has 0 atom stereocenters. The summed E-state index contributed by atoms with van der Waals surface area (Å²) in [4.78, 5) is 0. The maximum atomic E-state index is 8.42. The van der Waals surface area contributed by atoms with Gasteiger partial charge in [0.2, 0.25) is 0 Å². The molecule has 0 saturated heterocycles. The molecule has 0 unspecified atom stereocenters. The zero-order valence-electron chi connectivity index (χ0n) is 1.39. The predicted molar refractivity (Wildman–Crippen MR) is 10.6 cm³/mol. The Labute approximate surface area is 69.1 Å². The third kappa shape index (κ3) is 8.96. The Morgan fingerprint density at radius 3 is 1.25 bits per heavy atom. The molecule has 4 heteroatoms. The van der Waals surface area contributed by atoms with E-state index in [4.69, 9.17) is 1.70 Å². The van der Waals surface area contributed by atoms with E-state index in [1.807, 2.05) is 0 Å². The van der Waals surface area contributed by atoms with E-state index in [1.54, 1.807) is 0 Å². The molecule has 0 heterocycles. The molecule has 0 spiro atoms. The van der Waals surface area contributed by atoms with Crippen LogP contribution in [-0.4, -0.2) is 17.4 Å². The summed E-state index contributed by atoms with van der Waals surface area (Å²) in [5.41, 5.74) is 0. The van der Waals surface area contributed by atoms with Crippen LogP contribution in [0.3, 0.4) is 0 Å². The van der Waals surface area contributed by atoms with Gasteiger partial charge in [-0.15, -0.1) is 0 Å². The van der Waals surface area contributed by atoms with Crippen LogP contribution >= 0.6 is 0 Å². The molecule has 0 aromatic rings. The minimum atomic E-state index is -0.0833. The minimum absolute atomic E-state index is 0. The quantitative estimate of drug-likeness (QED) is 0.478. The molecule has 0 aliphatic heterocycles. The van der Waals surface area contributed by atoms with Crippen molar-refractivity contribution in [3.63, 3.8) is 0 Å². The van der Waals surface area contributed by atoms with Crippen LogP contribution in [0.2, 0.25) is 0 Å². The second-order valence-electron chi connectivity index (χ2n) is 0. The summed E-state index contributed by atoms with van der Waals surface area (Å²) in [5.74, 6) is 0. The molecule has 21 valence electrons. The van der Waals surface area contributed by atoms with E-state index >= 15 is 0 Å². The first-order valence-electron chi connectivity index (χ1n) is 0.236. The third-order valence-electron chi connectivity index (χ3n) is 0. The average Bonchev–Trinajstić information content (AvgIpc) is 1.00. The van der Waals surface area contributed by atoms with Gasteiger partial charge < -0.3 is 0 Å². The SMILES string of the molecule is [AlH3].[Cr].[O]=[La]. The summed E-state index contributed by atoms with van der Waals surface area (Å²) in [5, 5.41) is 0. The van der Waals surface area contributed by atoms with Gasteiger partial charge in [0.15, 0.2) is 17.4 Å². The summed E-state index contributed by atoms with van der Waals surface area (Å²) in [6, 6.07) is 0. The van der Waals surface area contributed by atoms with Gasteiger partial charge in [-0.25, -0.2) is 0 Å². The fourth-order valence-corrected chi connectivity index (χ4v) is 0. The Balaban J connectivity index is -0.00000000500. The molecular weight excluding hydrogens is 234 g/mol. The second kappa shape index (κ2) is 19.7. The number of hydrogen-bond acceptors (Lipinski definition) is 1. The van der Waals surface area contributed by atoms with Crippen LogP contribution in [-0.2, 0) is 19.1 Å². The predicted octanol–water partition coefficient (Wildman–Crippen LogP) is -1.31. The van der Waals surface area contributed by atoms with Crippen molar-refractivity contribution >= 4 is 17.4 Å². The normalized spacial score (nSPS) is 1.50. The van der Waals surface area contributed by atoms with Gasteiger partial charge in [-0.3, -0.25) is 0 Å². The standard InChI is InChI=1S/Al.Cr.La.O.3H. The van der Waals surface area contributed by atoms with Crippen molar-refractivity contribution in [3.05, 3.63) is 0 Å². The Morgan fingerprint density at radius 2 is 1.25 bits per heavy atom. The van der Waals surface area contributed by atoms with Crippen molar-refractivity contribution in [2.24, 2.45) is 0 Å². The number of rotatable bonds is 0. The molecule has 0 N–H and O–H groups in total. The van der Waals surface area contributed by atoms with Crippen LogP contribution < -0.4 is 0 Å². The molecule has 1 nitrogen and oxygen atoms in total. The first-order chi connectivity index (χ1) is 1.00. The topological polar surface area (TPSA) is 17.1 Å². The van der Waals surface area contributed by atoms with Crippen molar-refractivity contribution in [3.8, 4) is 0 Å². The Hall–Kier alpha value is 2.06. The molecule has 0 aliphatic carbocycles. The summed E-state index contributed by atoms with van der Waals surface area (Å²) in [6.07, 6.45) is 0. The van der Waals surface area contributed by atoms with Gasteiger partial charge in [0, 0.05) is 17.4 Å². The Kier molecular flexibility index (Phi) is 81.4. The van der Waals surface area contributed by atoms with Gasteiger partial charge >= 0.3 is 35.5 Å². The van der Waals surface area contributed by atoms with Crippen molar-refractivity contribution in [1.82, 2.24) is 0 Å². The van der Waals surface area contributed by atoms with E-state index in [0.29, 0.717) is 0 Å². The van der Waals surface area contributed by atoms with Crippen LogP contribution in [0.1, 0.15) is 0 Å². The Bertz CT molecular complexity index is 8.00. The maximum absolute atomic E-state index is 8.42. The van der Waals surface area contributed by atoms with Gasteiger partial charge in [0.25, 0.3) is 0 Å². The van der Waals surface area contributed by atoms with E-state index < -0.39 is 0 Å². The van der Waals surface area contributed by atoms with Gasteiger partial charge in [0.05, 0.1) is 0 Å². The van der Waals surface area contributed by atoms with Crippen molar-refractivity contribution in [2.75, 3.05) is 0 Å². The number of hydrogen-bond donors (Lipinski definition) is 0. The monoisotopic (exact) mass is 237 g/mol. The van der Waals surface area contributed by atoms with Crippen molar-refractivity contribution in [1.29, 1.82) is 0 Å². The fraction of sp³-hybridized carbons (Fsp3) is 0. The van der Waals surface area contributed by atoms with Gasteiger partial charge in [-0.1, -0.05) is 0 Å². The van der Waals surface area contributed by atoms with Crippen LogP contribution in [0.15, 0.2) is 0 Å². The van der Waals surface area contributed by atoms with Crippen LogP contribution in [0.4, 0.5) is 0 Å². The van der Waals surface area contributed by atoms with Gasteiger partial charge in [0.1, 0.15) is 0 Å². The molecule has 0 radical (unpaired) electrons. The molecule has 0 aromatic carbocycles. The van der Waals surface area contributed by atoms with E-state index in [1.165, 1.54) is 0 Å². The van der Waals surface area contributed by atoms with Crippen LogP contribution in [0.5, 0.6) is 0 Å². The molecule has 4 heavy (non-hydrogen) atoms. The molecule has 0 aliphatic rings. The third-order valence-corrected chi connectivity index (χ3v) is 0. The second-order valence-corrected chi connectivity index (χ2v) is 0.